The molecule has 4 rings (SSSR count). The molecule has 142 valence electrons. The van der Waals surface area contributed by atoms with Crippen molar-refractivity contribution in [3.63, 3.8) is 0 Å². The van der Waals surface area contributed by atoms with Crippen molar-refractivity contribution in [2.45, 2.75) is 38.5 Å². The van der Waals surface area contributed by atoms with E-state index in [0.29, 0.717) is 17.9 Å². The van der Waals surface area contributed by atoms with Gasteiger partial charge in [0.1, 0.15) is 5.75 Å². The summed E-state index contributed by atoms with van der Waals surface area (Å²) in [6.07, 6.45) is 7.97. The van der Waals surface area contributed by atoms with Gasteiger partial charge < -0.3 is 15.0 Å². The zero-order valence-corrected chi connectivity index (χ0v) is 15.8. The Morgan fingerprint density at radius 2 is 2.04 bits per heavy atom. The summed E-state index contributed by atoms with van der Waals surface area (Å²) >= 11 is 0. The van der Waals surface area contributed by atoms with Crippen LogP contribution in [0.1, 0.15) is 36.9 Å². The first-order valence-corrected chi connectivity index (χ1v) is 9.78. The van der Waals surface area contributed by atoms with Crippen molar-refractivity contribution in [1.82, 2.24) is 9.97 Å². The van der Waals surface area contributed by atoms with Crippen LogP contribution < -0.4 is 15.0 Å². The minimum Gasteiger partial charge on any atom is -0.495 e. The molecule has 2 aromatic rings. The smallest absolute Gasteiger partial charge is 0.227 e. The summed E-state index contributed by atoms with van der Waals surface area (Å²) in [5, 5.41) is 3.01. The minimum absolute atomic E-state index is 0.0326. The third-order valence-corrected chi connectivity index (χ3v) is 5.51. The van der Waals surface area contributed by atoms with E-state index in [2.05, 4.69) is 15.2 Å². The number of nitrogens with one attached hydrogen (secondary N) is 1. The fourth-order valence-electron chi connectivity index (χ4n) is 3.95. The van der Waals surface area contributed by atoms with E-state index in [9.17, 15) is 4.79 Å². The van der Waals surface area contributed by atoms with Crippen LogP contribution in [-0.4, -0.2) is 36.1 Å². The van der Waals surface area contributed by atoms with E-state index in [1.807, 2.05) is 30.5 Å². The SMILES string of the molecule is COc1ccccc1NC(=O)[C@@H]1CCc2nc(N3CCCCC3)ncc2C1. The molecule has 1 amide bonds. The van der Waals surface area contributed by atoms with Crippen LogP contribution in [0.3, 0.4) is 0 Å². The fraction of sp³-hybridized carbons (Fsp3) is 0.476. The molecule has 6 heteroatoms. The Labute approximate surface area is 160 Å². The number of ether oxygens (including phenoxy) is 1. The van der Waals surface area contributed by atoms with Crippen LogP contribution in [0, 0.1) is 5.92 Å². The first-order valence-electron chi connectivity index (χ1n) is 9.78. The number of methoxy groups -OCH3 is 1. The number of benzene rings is 1. The third-order valence-electron chi connectivity index (χ3n) is 5.51. The molecule has 27 heavy (non-hydrogen) atoms. The lowest BCUT2D eigenvalue weighted by Crippen LogP contribution is -2.32. The molecule has 0 radical (unpaired) electrons. The van der Waals surface area contributed by atoms with Crippen molar-refractivity contribution in [2.75, 3.05) is 30.4 Å². The molecule has 1 aromatic heterocycles. The van der Waals surface area contributed by atoms with Gasteiger partial charge in [0.2, 0.25) is 11.9 Å². The highest BCUT2D eigenvalue weighted by Gasteiger charge is 2.27. The van der Waals surface area contributed by atoms with Crippen LogP contribution in [0.25, 0.3) is 0 Å². The number of fused-ring (bicyclic) bond motifs is 1. The summed E-state index contributed by atoms with van der Waals surface area (Å²) in [5.74, 6) is 1.50. The zero-order valence-electron chi connectivity index (χ0n) is 15.8. The number of anilines is 2. The van der Waals surface area contributed by atoms with Gasteiger partial charge in [0.15, 0.2) is 0 Å². The molecule has 2 aliphatic rings. The van der Waals surface area contributed by atoms with Crippen LogP contribution in [-0.2, 0) is 17.6 Å². The number of hydrogen-bond donors (Lipinski definition) is 1. The van der Waals surface area contributed by atoms with Gasteiger partial charge in [-0.15, -0.1) is 0 Å². The van der Waals surface area contributed by atoms with Crippen LogP contribution >= 0.6 is 0 Å². The van der Waals surface area contributed by atoms with Crippen molar-refractivity contribution in [3.8, 4) is 5.75 Å². The highest BCUT2D eigenvalue weighted by molar-refractivity contribution is 5.94. The number of carbonyl (C=O) groups is 1. The molecule has 1 aliphatic heterocycles. The Morgan fingerprint density at radius 3 is 2.85 bits per heavy atom. The number of para-hydroxylation sites is 2. The summed E-state index contributed by atoms with van der Waals surface area (Å²) in [6.45, 7) is 2.09. The Morgan fingerprint density at radius 1 is 1.22 bits per heavy atom. The normalized spacial score (nSPS) is 19.3. The van der Waals surface area contributed by atoms with Crippen molar-refractivity contribution < 1.29 is 9.53 Å². The minimum atomic E-state index is -0.0631. The number of rotatable bonds is 4. The molecule has 0 bridgehead atoms. The summed E-state index contributed by atoms with van der Waals surface area (Å²) in [6, 6.07) is 7.50. The number of aryl methyl sites for hydroxylation is 1. The van der Waals surface area contributed by atoms with E-state index in [-0.39, 0.29) is 11.8 Å². The van der Waals surface area contributed by atoms with Crippen LogP contribution in [0.15, 0.2) is 30.5 Å². The molecule has 2 heterocycles. The Bertz CT molecular complexity index is 818. The average Bonchev–Trinajstić information content (AvgIpc) is 2.74. The lowest BCUT2D eigenvalue weighted by atomic mass is 9.86. The molecular formula is C21H26N4O2. The number of nitrogens with zero attached hydrogens (tertiary/aromatic N) is 3. The summed E-state index contributed by atoms with van der Waals surface area (Å²) < 4.78 is 5.32. The van der Waals surface area contributed by atoms with E-state index in [4.69, 9.17) is 9.72 Å². The first kappa shape index (κ1) is 17.8. The first-order chi connectivity index (χ1) is 13.2. The highest BCUT2D eigenvalue weighted by atomic mass is 16.5. The molecule has 1 N–H and O–H groups in total. The number of hydrogen-bond acceptors (Lipinski definition) is 5. The average molecular weight is 366 g/mol. The monoisotopic (exact) mass is 366 g/mol. The van der Waals surface area contributed by atoms with Crippen molar-refractivity contribution >= 4 is 17.5 Å². The molecular weight excluding hydrogens is 340 g/mol. The molecule has 0 spiro atoms. The number of carbonyl (C=O) groups excluding carboxylic acids is 1. The second kappa shape index (κ2) is 7.94. The van der Waals surface area contributed by atoms with Gasteiger partial charge in [-0.3, -0.25) is 4.79 Å². The standard InChI is InChI=1S/C21H26N4O2/c1-27-19-8-4-3-7-18(19)23-20(26)15-9-10-17-16(13-15)14-22-21(24-17)25-11-5-2-6-12-25/h3-4,7-8,14-15H,2,5-6,9-13H2,1H3,(H,23,26)/t15-/m1/s1. The maximum Gasteiger partial charge on any atom is 0.227 e. The van der Waals surface area contributed by atoms with Gasteiger partial charge in [-0.1, -0.05) is 12.1 Å². The van der Waals surface area contributed by atoms with E-state index in [0.717, 1.165) is 43.1 Å². The molecule has 1 atom stereocenters. The van der Waals surface area contributed by atoms with Gasteiger partial charge in [0.05, 0.1) is 12.8 Å². The molecule has 6 nitrogen and oxygen atoms in total. The molecule has 1 aliphatic carbocycles. The molecule has 1 fully saturated rings. The predicted molar refractivity (Wildman–Crippen MR) is 105 cm³/mol. The van der Waals surface area contributed by atoms with Crippen LogP contribution in [0.5, 0.6) is 5.75 Å². The summed E-state index contributed by atoms with van der Waals surface area (Å²) in [7, 11) is 1.61. The number of piperidine rings is 1. The molecule has 1 saturated heterocycles. The lowest BCUT2D eigenvalue weighted by Gasteiger charge is -2.28. The van der Waals surface area contributed by atoms with Crippen LogP contribution in [0.4, 0.5) is 11.6 Å². The fourth-order valence-corrected chi connectivity index (χ4v) is 3.95. The molecule has 1 aromatic carbocycles. The Balaban J connectivity index is 1.44. The Hall–Kier alpha value is -2.63. The maximum absolute atomic E-state index is 12.7. The maximum atomic E-state index is 12.7. The molecule has 0 unspecified atom stereocenters. The topological polar surface area (TPSA) is 67.3 Å². The summed E-state index contributed by atoms with van der Waals surface area (Å²) in [5.41, 5.74) is 2.92. The zero-order chi connectivity index (χ0) is 18.6. The quantitative estimate of drug-likeness (QED) is 0.900. The van der Waals surface area contributed by atoms with Crippen LogP contribution in [0.2, 0.25) is 0 Å². The second-order valence-corrected chi connectivity index (χ2v) is 7.32. The third kappa shape index (κ3) is 3.89. The van der Waals surface area contributed by atoms with Gasteiger partial charge in [0, 0.05) is 30.9 Å². The highest BCUT2D eigenvalue weighted by Crippen LogP contribution is 2.29. The van der Waals surface area contributed by atoms with Gasteiger partial charge in [-0.25, -0.2) is 9.97 Å². The van der Waals surface area contributed by atoms with E-state index < -0.39 is 0 Å². The van der Waals surface area contributed by atoms with Gasteiger partial charge in [-0.05, 0) is 56.2 Å². The summed E-state index contributed by atoms with van der Waals surface area (Å²) in [4.78, 5) is 24.4. The van der Waals surface area contributed by atoms with Crippen molar-refractivity contribution in [2.24, 2.45) is 5.92 Å². The second-order valence-electron chi connectivity index (χ2n) is 7.32. The molecule has 0 saturated carbocycles. The van der Waals surface area contributed by atoms with E-state index >= 15 is 0 Å². The van der Waals surface area contributed by atoms with Crippen molar-refractivity contribution in [3.05, 3.63) is 41.7 Å². The number of aromatic nitrogens is 2. The largest absolute Gasteiger partial charge is 0.495 e. The van der Waals surface area contributed by atoms with E-state index in [1.54, 1.807) is 7.11 Å². The van der Waals surface area contributed by atoms with E-state index in [1.165, 1.54) is 19.3 Å². The van der Waals surface area contributed by atoms with Crippen molar-refractivity contribution in [1.29, 1.82) is 0 Å². The predicted octanol–water partition coefficient (Wildman–Crippen LogP) is 3.22. The van der Waals surface area contributed by atoms with Gasteiger partial charge >= 0.3 is 0 Å². The lowest BCUT2D eigenvalue weighted by molar-refractivity contribution is -0.120. The van der Waals surface area contributed by atoms with Gasteiger partial charge in [0.25, 0.3) is 0 Å². The van der Waals surface area contributed by atoms with Gasteiger partial charge in [-0.2, -0.15) is 0 Å². The Kier molecular flexibility index (Phi) is 5.23. The number of amides is 1.